The van der Waals surface area contributed by atoms with Crippen molar-refractivity contribution in [3.8, 4) is 0 Å². The van der Waals surface area contributed by atoms with Gasteiger partial charge in [-0.2, -0.15) is 0 Å². The minimum atomic E-state index is 0.729. The third kappa shape index (κ3) is 3.52. The summed E-state index contributed by atoms with van der Waals surface area (Å²) < 4.78 is 0. The van der Waals surface area contributed by atoms with Crippen molar-refractivity contribution >= 4 is 11.3 Å². The second-order valence-electron chi connectivity index (χ2n) is 5.35. The highest BCUT2D eigenvalue weighted by Crippen LogP contribution is 2.37. The zero-order valence-electron chi connectivity index (χ0n) is 10.8. The quantitative estimate of drug-likeness (QED) is 0.871. The highest BCUT2D eigenvalue weighted by atomic mass is 32.1. The molecule has 1 aliphatic rings. The average molecular weight is 252 g/mol. The zero-order chi connectivity index (χ0) is 12.1. The molecule has 0 aromatic carbocycles. The van der Waals surface area contributed by atoms with Gasteiger partial charge in [0.15, 0.2) is 0 Å². The van der Waals surface area contributed by atoms with E-state index in [1.807, 2.05) is 6.20 Å². The van der Waals surface area contributed by atoms with Crippen LogP contribution in [0.3, 0.4) is 0 Å². The predicted molar refractivity (Wildman–Crippen MR) is 74.1 cm³/mol. The fraction of sp³-hybridized carbons (Fsp3) is 0.786. The number of hydrogen-bond acceptors (Lipinski definition) is 3. The first-order valence-electron chi connectivity index (χ1n) is 6.91. The molecule has 3 atom stereocenters. The summed E-state index contributed by atoms with van der Waals surface area (Å²) in [5, 5.41) is 3.38. The van der Waals surface area contributed by atoms with Gasteiger partial charge in [0.1, 0.15) is 0 Å². The van der Waals surface area contributed by atoms with Crippen LogP contribution in [-0.4, -0.2) is 11.5 Å². The molecule has 0 bridgehead atoms. The van der Waals surface area contributed by atoms with E-state index < -0.39 is 0 Å². The molecule has 2 N–H and O–H groups in total. The molecule has 0 spiro atoms. The van der Waals surface area contributed by atoms with Crippen LogP contribution in [0.5, 0.6) is 0 Å². The highest BCUT2D eigenvalue weighted by molar-refractivity contribution is 7.09. The topological polar surface area (TPSA) is 38.9 Å². The minimum Gasteiger partial charge on any atom is -0.330 e. The standard InChI is InChI=1S/C14H24N2S/c1-2-3-11-4-5-12(10-15)13(8-11)9-14-16-6-7-17-14/h6-7,11-13H,2-5,8-10,15H2,1H3. The van der Waals surface area contributed by atoms with Crippen molar-refractivity contribution in [3.05, 3.63) is 16.6 Å². The maximum absolute atomic E-state index is 5.93. The largest absolute Gasteiger partial charge is 0.330 e. The van der Waals surface area contributed by atoms with Crippen LogP contribution in [-0.2, 0) is 6.42 Å². The maximum atomic E-state index is 5.93. The molecular weight excluding hydrogens is 228 g/mol. The van der Waals surface area contributed by atoms with Gasteiger partial charge < -0.3 is 5.73 Å². The molecule has 1 saturated carbocycles. The zero-order valence-corrected chi connectivity index (χ0v) is 11.6. The second-order valence-corrected chi connectivity index (χ2v) is 6.33. The number of thiazole rings is 1. The van der Waals surface area contributed by atoms with Crippen LogP contribution in [0.1, 0.15) is 44.0 Å². The lowest BCUT2D eigenvalue weighted by Gasteiger charge is -2.35. The van der Waals surface area contributed by atoms with Gasteiger partial charge in [-0.1, -0.05) is 26.2 Å². The fourth-order valence-electron chi connectivity index (χ4n) is 3.23. The molecule has 17 heavy (non-hydrogen) atoms. The number of nitrogens with zero attached hydrogens (tertiary/aromatic N) is 1. The van der Waals surface area contributed by atoms with Gasteiger partial charge in [0.2, 0.25) is 0 Å². The summed E-state index contributed by atoms with van der Waals surface area (Å²) in [7, 11) is 0. The Kier molecular flexibility index (Phi) is 4.99. The average Bonchev–Trinajstić information content (AvgIpc) is 2.83. The molecule has 1 aromatic rings. The normalized spacial score (nSPS) is 29.4. The Morgan fingerprint density at radius 3 is 2.94 bits per heavy atom. The third-order valence-corrected chi connectivity index (χ3v) is 4.97. The summed E-state index contributed by atoms with van der Waals surface area (Å²) in [4.78, 5) is 4.43. The van der Waals surface area contributed by atoms with E-state index in [-0.39, 0.29) is 0 Å². The lowest BCUT2D eigenvalue weighted by atomic mass is 9.71. The van der Waals surface area contributed by atoms with Gasteiger partial charge in [-0.15, -0.1) is 11.3 Å². The first kappa shape index (κ1) is 13.0. The first-order chi connectivity index (χ1) is 8.33. The molecule has 1 fully saturated rings. The monoisotopic (exact) mass is 252 g/mol. The van der Waals surface area contributed by atoms with Gasteiger partial charge in [-0.3, -0.25) is 0 Å². The molecule has 0 amide bonds. The molecule has 0 aliphatic heterocycles. The van der Waals surface area contributed by atoms with Gasteiger partial charge in [0.25, 0.3) is 0 Å². The van der Waals surface area contributed by atoms with Crippen molar-refractivity contribution < 1.29 is 0 Å². The highest BCUT2D eigenvalue weighted by Gasteiger charge is 2.29. The number of nitrogens with two attached hydrogens (primary N) is 1. The van der Waals surface area contributed by atoms with Crippen LogP contribution in [0.4, 0.5) is 0 Å². The van der Waals surface area contributed by atoms with Crippen LogP contribution < -0.4 is 5.73 Å². The molecule has 3 unspecified atom stereocenters. The van der Waals surface area contributed by atoms with Crippen molar-refractivity contribution in [2.24, 2.45) is 23.5 Å². The van der Waals surface area contributed by atoms with Crippen molar-refractivity contribution in [3.63, 3.8) is 0 Å². The molecule has 0 radical (unpaired) electrons. The Balaban J connectivity index is 1.94. The molecule has 1 heterocycles. The first-order valence-corrected chi connectivity index (χ1v) is 7.79. The summed E-state index contributed by atoms with van der Waals surface area (Å²) in [6.07, 6.45) is 9.88. The molecule has 2 rings (SSSR count). The fourth-order valence-corrected chi connectivity index (χ4v) is 3.94. The summed E-state index contributed by atoms with van der Waals surface area (Å²) in [5.74, 6) is 2.44. The van der Waals surface area contributed by atoms with Crippen molar-refractivity contribution in [1.82, 2.24) is 4.98 Å². The summed E-state index contributed by atoms with van der Waals surface area (Å²) in [6.45, 7) is 3.15. The molecule has 0 saturated heterocycles. The molecule has 96 valence electrons. The lowest BCUT2D eigenvalue weighted by Crippen LogP contribution is -2.31. The Morgan fingerprint density at radius 2 is 2.29 bits per heavy atom. The summed E-state index contributed by atoms with van der Waals surface area (Å²) in [6, 6.07) is 0. The van der Waals surface area contributed by atoms with E-state index in [1.165, 1.54) is 37.1 Å². The molecule has 3 heteroatoms. The van der Waals surface area contributed by atoms with Crippen LogP contribution in [0, 0.1) is 17.8 Å². The Hall–Kier alpha value is -0.410. The van der Waals surface area contributed by atoms with Gasteiger partial charge in [-0.25, -0.2) is 4.98 Å². The van der Waals surface area contributed by atoms with Crippen LogP contribution in [0.15, 0.2) is 11.6 Å². The Bertz CT molecular complexity index is 310. The van der Waals surface area contributed by atoms with E-state index in [1.54, 1.807) is 11.3 Å². The SMILES string of the molecule is CCCC1CCC(CN)C(Cc2nccs2)C1. The van der Waals surface area contributed by atoms with E-state index >= 15 is 0 Å². The van der Waals surface area contributed by atoms with Crippen molar-refractivity contribution in [2.75, 3.05) is 6.54 Å². The predicted octanol–water partition coefficient (Wildman–Crippen LogP) is 3.48. The van der Waals surface area contributed by atoms with Crippen LogP contribution in [0.2, 0.25) is 0 Å². The van der Waals surface area contributed by atoms with Gasteiger partial charge in [0, 0.05) is 18.0 Å². The van der Waals surface area contributed by atoms with E-state index in [0.29, 0.717) is 0 Å². The summed E-state index contributed by atoms with van der Waals surface area (Å²) in [5.41, 5.74) is 5.93. The number of rotatable bonds is 5. The summed E-state index contributed by atoms with van der Waals surface area (Å²) >= 11 is 1.79. The van der Waals surface area contributed by atoms with E-state index in [0.717, 1.165) is 30.7 Å². The molecular formula is C14H24N2S. The smallest absolute Gasteiger partial charge is 0.0927 e. The van der Waals surface area contributed by atoms with Crippen molar-refractivity contribution in [1.29, 1.82) is 0 Å². The van der Waals surface area contributed by atoms with Crippen LogP contribution >= 0.6 is 11.3 Å². The third-order valence-electron chi connectivity index (χ3n) is 4.17. The van der Waals surface area contributed by atoms with Gasteiger partial charge in [0.05, 0.1) is 5.01 Å². The number of hydrogen-bond donors (Lipinski definition) is 1. The Labute approximate surface area is 109 Å². The van der Waals surface area contributed by atoms with Crippen LogP contribution in [0.25, 0.3) is 0 Å². The van der Waals surface area contributed by atoms with E-state index in [9.17, 15) is 0 Å². The van der Waals surface area contributed by atoms with Gasteiger partial charge in [-0.05, 0) is 37.1 Å². The second kappa shape index (κ2) is 6.50. The minimum absolute atomic E-state index is 0.729. The molecule has 1 aliphatic carbocycles. The van der Waals surface area contributed by atoms with E-state index in [2.05, 4.69) is 17.3 Å². The molecule has 2 nitrogen and oxygen atoms in total. The maximum Gasteiger partial charge on any atom is 0.0927 e. The lowest BCUT2D eigenvalue weighted by molar-refractivity contribution is 0.175. The van der Waals surface area contributed by atoms with Crippen molar-refractivity contribution in [2.45, 2.75) is 45.4 Å². The Morgan fingerprint density at radius 1 is 1.41 bits per heavy atom. The molecule has 1 aromatic heterocycles. The van der Waals surface area contributed by atoms with Gasteiger partial charge >= 0.3 is 0 Å². The van der Waals surface area contributed by atoms with E-state index in [4.69, 9.17) is 5.73 Å². The number of aromatic nitrogens is 1.